The van der Waals surface area contributed by atoms with Gasteiger partial charge in [-0.2, -0.15) is 0 Å². The predicted molar refractivity (Wildman–Crippen MR) is 144 cm³/mol. The van der Waals surface area contributed by atoms with Crippen molar-refractivity contribution in [3.05, 3.63) is 59.7 Å². The lowest BCUT2D eigenvalue weighted by molar-refractivity contribution is -0.141. The Hall–Kier alpha value is -3.07. The average molecular weight is 518 g/mol. The van der Waals surface area contributed by atoms with E-state index in [9.17, 15) is 18.0 Å². The molecule has 0 bridgehead atoms. The molecular weight excluding hydrogens is 478 g/mol. The summed E-state index contributed by atoms with van der Waals surface area (Å²) in [6, 6.07) is 14.0. The van der Waals surface area contributed by atoms with Crippen LogP contribution < -0.4 is 14.4 Å². The van der Waals surface area contributed by atoms with Crippen molar-refractivity contribution < 1.29 is 22.7 Å². The van der Waals surface area contributed by atoms with E-state index in [1.165, 1.54) is 10.6 Å². The van der Waals surface area contributed by atoms with E-state index < -0.39 is 16.1 Å². The van der Waals surface area contributed by atoms with Gasteiger partial charge in [-0.25, -0.2) is 8.42 Å². The molecule has 2 aromatic carbocycles. The number of sulfonamides is 1. The van der Waals surface area contributed by atoms with E-state index in [0.29, 0.717) is 24.3 Å². The first kappa shape index (κ1) is 29.2. The quantitative estimate of drug-likeness (QED) is 0.435. The minimum atomic E-state index is -3.53. The van der Waals surface area contributed by atoms with Crippen LogP contribution in [0.15, 0.2) is 48.5 Å². The Kier molecular flexibility index (Phi) is 10.8. The maximum atomic E-state index is 13.5. The fourth-order valence-electron chi connectivity index (χ4n) is 4.09. The monoisotopic (exact) mass is 517 g/mol. The molecule has 0 aliphatic rings. The fourth-order valence-corrected chi connectivity index (χ4v) is 5.12. The van der Waals surface area contributed by atoms with Crippen molar-refractivity contribution in [3.8, 4) is 5.75 Å². The number of nitrogens with zero attached hydrogens (tertiary/aromatic N) is 2. The molecule has 0 spiro atoms. The third kappa shape index (κ3) is 8.26. The summed E-state index contributed by atoms with van der Waals surface area (Å²) in [7, 11) is -1.95. The summed E-state index contributed by atoms with van der Waals surface area (Å²) in [6.45, 7) is 7.90. The minimum absolute atomic E-state index is 0.0576. The number of anilines is 1. The Labute approximate surface area is 215 Å². The number of carbonyl (C=O) groups excluding carboxylic acids is 2. The molecule has 0 aliphatic heterocycles. The molecule has 0 radical (unpaired) electrons. The number of amides is 2. The second-order valence-electron chi connectivity index (χ2n) is 9.19. The van der Waals surface area contributed by atoms with E-state index in [-0.39, 0.29) is 37.4 Å². The number of aryl methyl sites for hydroxylation is 1. The van der Waals surface area contributed by atoms with Crippen molar-refractivity contribution in [2.75, 3.05) is 24.2 Å². The SMILES string of the molecule is CCC(C(=O)NC(C)C)N(Cc1cccc(OC)c1)C(=O)CCCN(c1ccccc1C)S(C)(=O)=O. The van der Waals surface area contributed by atoms with Crippen LogP contribution in [0.25, 0.3) is 0 Å². The number of benzene rings is 2. The van der Waals surface area contributed by atoms with Crippen molar-refractivity contribution in [2.24, 2.45) is 0 Å². The van der Waals surface area contributed by atoms with Crippen LogP contribution in [0.2, 0.25) is 0 Å². The number of carbonyl (C=O) groups is 2. The van der Waals surface area contributed by atoms with Gasteiger partial charge < -0.3 is 15.0 Å². The topological polar surface area (TPSA) is 96.0 Å². The summed E-state index contributed by atoms with van der Waals surface area (Å²) in [4.78, 5) is 28.0. The second kappa shape index (κ2) is 13.3. The van der Waals surface area contributed by atoms with Crippen molar-refractivity contribution >= 4 is 27.5 Å². The van der Waals surface area contributed by atoms with E-state index in [1.54, 1.807) is 24.1 Å². The van der Waals surface area contributed by atoms with Crippen LogP contribution in [0, 0.1) is 6.92 Å². The van der Waals surface area contributed by atoms with Gasteiger partial charge in [0.05, 0.1) is 19.1 Å². The van der Waals surface area contributed by atoms with Crippen molar-refractivity contribution in [3.63, 3.8) is 0 Å². The number of rotatable bonds is 13. The van der Waals surface area contributed by atoms with Gasteiger partial charge in [0.15, 0.2) is 0 Å². The van der Waals surface area contributed by atoms with Crippen LogP contribution in [0.3, 0.4) is 0 Å². The summed E-state index contributed by atoms with van der Waals surface area (Å²) in [5.41, 5.74) is 2.28. The molecule has 36 heavy (non-hydrogen) atoms. The number of methoxy groups -OCH3 is 1. The summed E-state index contributed by atoms with van der Waals surface area (Å²) >= 11 is 0. The summed E-state index contributed by atoms with van der Waals surface area (Å²) in [5, 5.41) is 2.91. The molecule has 0 saturated heterocycles. The number of ether oxygens (including phenoxy) is 1. The molecule has 0 saturated carbocycles. The van der Waals surface area contributed by atoms with E-state index in [2.05, 4.69) is 5.32 Å². The Balaban J connectivity index is 2.25. The predicted octanol–water partition coefficient (Wildman–Crippen LogP) is 3.88. The van der Waals surface area contributed by atoms with Gasteiger partial charge >= 0.3 is 0 Å². The zero-order chi connectivity index (χ0) is 26.9. The van der Waals surface area contributed by atoms with Crippen molar-refractivity contribution in [1.82, 2.24) is 10.2 Å². The normalized spacial score (nSPS) is 12.2. The Morgan fingerprint density at radius 2 is 1.78 bits per heavy atom. The first-order chi connectivity index (χ1) is 17.0. The zero-order valence-corrected chi connectivity index (χ0v) is 23.0. The van der Waals surface area contributed by atoms with Gasteiger partial charge in [0, 0.05) is 25.6 Å². The van der Waals surface area contributed by atoms with Crippen LogP contribution in [0.5, 0.6) is 5.75 Å². The standard InChI is InChI=1S/C27H39N3O5S/c1-7-24(27(32)28-20(2)3)29(19-22-13-10-14-23(18-22)35-5)26(31)16-11-17-30(36(6,33)34)25-15-9-8-12-21(25)4/h8-10,12-15,18,20,24H,7,11,16-17,19H2,1-6H3,(H,28,32). The van der Waals surface area contributed by atoms with Crippen LogP contribution in [-0.4, -0.2) is 57.1 Å². The maximum Gasteiger partial charge on any atom is 0.243 e. The molecule has 2 rings (SSSR count). The van der Waals surface area contributed by atoms with Gasteiger partial charge in [-0.05, 0) is 62.9 Å². The zero-order valence-electron chi connectivity index (χ0n) is 22.2. The third-order valence-electron chi connectivity index (χ3n) is 5.84. The van der Waals surface area contributed by atoms with E-state index in [0.717, 1.165) is 11.1 Å². The van der Waals surface area contributed by atoms with Gasteiger partial charge in [-0.3, -0.25) is 13.9 Å². The molecular formula is C27H39N3O5S. The number of hydrogen-bond donors (Lipinski definition) is 1. The summed E-state index contributed by atoms with van der Waals surface area (Å²) in [6.07, 6.45) is 2.04. The van der Waals surface area contributed by atoms with Crippen LogP contribution in [0.1, 0.15) is 51.2 Å². The average Bonchev–Trinajstić information content (AvgIpc) is 2.81. The highest BCUT2D eigenvalue weighted by Crippen LogP contribution is 2.23. The molecule has 0 heterocycles. The Bertz CT molecular complexity index is 1130. The van der Waals surface area contributed by atoms with Gasteiger partial charge in [0.1, 0.15) is 11.8 Å². The lowest BCUT2D eigenvalue weighted by Crippen LogP contribution is -2.50. The van der Waals surface area contributed by atoms with E-state index >= 15 is 0 Å². The summed E-state index contributed by atoms with van der Waals surface area (Å²) < 4.78 is 31.7. The van der Waals surface area contributed by atoms with Gasteiger partial charge in [0.25, 0.3) is 0 Å². The molecule has 1 atom stereocenters. The number of para-hydroxylation sites is 1. The van der Waals surface area contributed by atoms with Crippen molar-refractivity contribution in [1.29, 1.82) is 0 Å². The summed E-state index contributed by atoms with van der Waals surface area (Å²) in [5.74, 6) is 0.254. The molecule has 9 heteroatoms. The second-order valence-corrected chi connectivity index (χ2v) is 11.1. The van der Waals surface area contributed by atoms with Crippen LogP contribution in [-0.2, 0) is 26.2 Å². The Morgan fingerprint density at radius 1 is 1.08 bits per heavy atom. The number of nitrogens with one attached hydrogen (secondary N) is 1. The molecule has 198 valence electrons. The highest BCUT2D eigenvalue weighted by atomic mass is 32.2. The molecule has 0 aliphatic carbocycles. The van der Waals surface area contributed by atoms with E-state index in [1.807, 2.05) is 64.1 Å². The van der Waals surface area contributed by atoms with Gasteiger partial charge in [0.2, 0.25) is 21.8 Å². The van der Waals surface area contributed by atoms with Crippen molar-refractivity contribution in [2.45, 2.75) is 65.6 Å². The molecule has 8 nitrogen and oxygen atoms in total. The third-order valence-corrected chi connectivity index (χ3v) is 7.02. The molecule has 0 aromatic heterocycles. The molecule has 1 N–H and O–H groups in total. The molecule has 2 aromatic rings. The minimum Gasteiger partial charge on any atom is -0.497 e. The lowest BCUT2D eigenvalue weighted by atomic mass is 10.1. The Morgan fingerprint density at radius 3 is 2.36 bits per heavy atom. The van der Waals surface area contributed by atoms with Gasteiger partial charge in [-0.1, -0.05) is 37.3 Å². The smallest absolute Gasteiger partial charge is 0.243 e. The van der Waals surface area contributed by atoms with Gasteiger partial charge in [-0.15, -0.1) is 0 Å². The highest BCUT2D eigenvalue weighted by molar-refractivity contribution is 7.92. The van der Waals surface area contributed by atoms with E-state index in [4.69, 9.17) is 4.74 Å². The van der Waals surface area contributed by atoms with Crippen LogP contribution >= 0.6 is 0 Å². The number of hydrogen-bond acceptors (Lipinski definition) is 5. The maximum absolute atomic E-state index is 13.5. The first-order valence-corrected chi connectivity index (χ1v) is 14.1. The first-order valence-electron chi connectivity index (χ1n) is 12.2. The highest BCUT2D eigenvalue weighted by Gasteiger charge is 2.29. The fraction of sp³-hybridized carbons (Fsp3) is 0.481. The largest absolute Gasteiger partial charge is 0.497 e. The molecule has 0 fully saturated rings. The lowest BCUT2D eigenvalue weighted by Gasteiger charge is -2.31. The molecule has 1 unspecified atom stereocenters. The molecule has 2 amide bonds. The van der Waals surface area contributed by atoms with Crippen LogP contribution in [0.4, 0.5) is 5.69 Å².